The zero-order valence-electron chi connectivity index (χ0n) is 13.2. The van der Waals surface area contributed by atoms with Gasteiger partial charge in [-0.1, -0.05) is 13.0 Å². The Labute approximate surface area is 129 Å². The quantitative estimate of drug-likeness (QED) is 0.838. The molecular formula is C15H22F2N2O3. The van der Waals surface area contributed by atoms with Crippen LogP contribution in [0.25, 0.3) is 0 Å². The summed E-state index contributed by atoms with van der Waals surface area (Å²) >= 11 is 0. The van der Waals surface area contributed by atoms with Gasteiger partial charge in [0.2, 0.25) is 5.91 Å². The van der Waals surface area contributed by atoms with Crippen molar-refractivity contribution in [2.45, 2.75) is 33.0 Å². The summed E-state index contributed by atoms with van der Waals surface area (Å²) in [6.45, 7) is 0.836. The van der Waals surface area contributed by atoms with Gasteiger partial charge in [-0.2, -0.15) is 8.78 Å². The van der Waals surface area contributed by atoms with Gasteiger partial charge in [0.1, 0.15) is 0 Å². The van der Waals surface area contributed by atoms with E-state index in [-0.39, 0.29) is 35.9 Å². The fourth-order valence-electron chi connectivity index (χ4n) is 1.93. The molecule has 0 aliphatic heterocycles. The zero-order chi connectivity index (χ0) is 16.9. The van der Waals surface area contributed by atoms with Gasteiger partial charge in [0, 0.05) is 19.6 Å². The van der Waals surface area contributed by atoms with E-state index in [1.165, 1.54) is 24.1 Å². The molecule has 22 heavy (non-hydrogen) atoms. The van der Waals surface area contributed by atoms with Crippen LogP contribution in [0.15, 0.2) is 18.2 Å². The molecular weight excluding hydrogens is 294 g/mol. The van der Waals surface area contributed by atoms with Crippen LogP contribution in [0.4, 0.5) is 8.78 Å². The SMILES string of the molecule is COc1ccc(CN(C)C(=O)C(C)C(C)N)cc1OC(F)F. The van der Waals surface area contributed by atoms with Gasteiger partial charge in [-0.3, -0.25) is 4.79 Å². The predicted molar refractivity (Wildman–Crippen MR) is 78.9 cm³/mol. The molecule has 2 N–H and O–H groups in total. The molecule has 5 nitrogen and oxygen atoms in total. The van der Waals surface area contributed by atoms with Crippen LogP contribution in [0.5, 0.6) is 11.5 Å². The number of amides is 1. The Bertz CT molecular complexity index is 510. The summed E-state index contributed by atoms with van der Waals surface area (Å²) in [6.07, 6.45) is 0. The van der Waals surface area contributed by atoms with Crippen molar-refractivity contribution in [3.63, 3.8) is 0 Å². The van der Waals surface area contributed by atoms with Crippen molar-refractivity contribution in [1.29, 1.82) is 0 Å². The number of rotatable bonds is 7. The molecule has 0 saturated heterocycles. The molecule has 124 valence electrons. The number of carbonyl (C=O) groups is 1. The summed E-state index contributed by atoms with van der Waals surface area (Å²) < 4.78 is 34.2. The third-order valence-electron chi connectivity index (χ3n) is 3.42. The Balaban J connectivity index is 2.87. The Kier molecular flexibility index (Phi) is 6.55. The first-order valence-corrected chi connectivity index (χ1v) is 6.88. The van der Waals surface area contributed by atoms with E-state index >= 15 is 0 Å². The first-order chi connectivity index (χ1) is 10.3. The molecule has 0 aromatic heterocycles. The number of benzene rings is 1. The summed E-state index contributed by atoms with van der Waals surface area (Å²) in [5.41, 5.74) is 6.37. The zero-order valence-corrected chi connectivity index (χ0v) is 13.2. The molecule has 1 amide bonds. The number of carbonyl (C=O) groups excluding carboxylic acids is 1. The number of hydrogen-bond donors (Lipinski definition) is 1. The van der Waals surface area contributed by atoms with Gasteiger partial charge in [-0.25, -0.2) is 0 Å². The molecule has 1 aromatic carbocycles. The fraction of sp³-hybridized carbons (Fsp3) is 0.533. The minimum absolute atomic E-state index is 0.0592. The second-order valence-corrected chi connectivity index (χ2v) is 5.21. The Morgan fingerprint density at radius 1 is 1.32 bits per heavy atom. The topological polar surface area (TPSA) is 64.8 Å². The first-order valence-electron chi connectivity index (χ1n) is 6.88. The maximum absolute atomic E-state index is 12.4. The van der Waals surface area contributed by atoms with Crippen LogP contribution in [0.3, 0.4) is 0 Å². The van der Waals surface area contributed by atoms with Crippen LogP contribution in [0.2, 0.25) is 0 Å². The monoisotopic (exact) mass is 316 g/mol. The average molecular weight is 316 g/mol. The highest BCUT2D eigenvalue weighted by Crippen LogP contribution is 2.30. The molecule has 2 unspecified atom stereocenters. The number of hydrogen-bond acceptors (Lipinski definition) is 4. The number of nitrogens with two attached hydrogens (primary N) is 1. The molecule has 0 radical (unpaired) electrons. The van der Waals surface area contributed by atoms with E-state index in [4.69, 9.17) is 10.5 Å². The van der Waals surface area contributed by atoms with Crippen LogP contribution in [0.1, 0.15) is 19.4 Å². The van der Waals surface area contributed by atoms with Gasteiger partial charge in [0.15, 0.2) is 11.5 Å². The number of methoxy groups -OCH3 is 1. The number of ether oxygens (including phenoxy) is 2. The van der Waals surface area contributed by atoms with Gasteiger partial charge in [-0.15, -0.1) is 0 Å². The number of halogens is 2. The molecule has 1 rings (SSSR count). The van der Waals surface area contributed by atoms with Crippen molar-refractivity contribution in [2.75, 3.05) is 14.2 Å². The summed E-state index contributed by atoms with van der Waals surface area (Å²) in [6, 6.07) is 4.40. The maximum atomic E-state index is 12.4. The molecule has 0 spiro atoms. The van der Waals surface area contributed by atoms with Gasteiger partial charge in [0.05, 0.1) is 13.0 Å². The van der Waals surface area contributed by atoms with E-state index in [9.17, 15) is 13.6 Å². The van der Waals surface area contributed by atoms with Crippen molar-refractivity contribution in [3.05, 3.63) is 23.8 Å². The van der Waals surface area contributed by atoms with Crippen molar-refractivity contribution in [3.8, 4) is 11.5 Å². The molecule has 0 fully saturated rings. The van der Waals surface area contributed by atoms with Crippen LogP contribution < -0.4 is 15.2 Å². The summed E-state index contributed by atoms with van der Waals surface area (Å²) in [7, 11) is 3.01. The lowest BCUT2D eigenvalue weighted by atomic mass is 10.0. The van der Waals surface area contributed by atoms with E-state index in [2.05, 4.69) is 4.74 Å². The lowest BCUT2D eigenvalue weighted by Gasteiger charge is -2.24. The van der Waals surface area contributed by atoms with Gasteiger partial charge < -0.3 is 20.1 Å². The third kappa shape index (κ3) is 4.84. The summed E-state index contributed by atoms with van der Waals surface area (Å²) in [5.74, 6) is -0.278. The van der Waals surface area contributed by atoms with Crippen LogP contribution in [-0.2, 0) is 11.3 Å². The summed E-state index contributed by atoms with van der Waals surface area (Å²) in [4.78, 5) is 13.6. The lowest BCUT2D eigenvalue weighted by molar-refractivity contribution is -0.134. The van der Waals surface area contributed by atoms with Crippen molar-refractivity contribution in [2.24, 2.45) is 11.7 Å². The molecule has 0 aliphatic carbocycles. The van der Waals surface area contributed by atoms with Crippen LogP contribution in [0, 0.1) is 5.92 Å². The molecule has 7 heteroatoms. The highest BCUT2D eigenvalue weighted by Gasteiger charge is 2.21. The molecule has 0 heterocycles. The van der Waals surface area contributed by atoms with E-state index in [0.29, 0.717) is 5.56 Å². The minimum atomic E-state index is -2.94. The smallest absolute Gasteiger partial charge is 0.387 e. The van der Waals surface area contributed by atoms with Gasteiger partial charge in [-0.05, 0) is 24.6 Å². The molecule has 2 atom stereocenters. The van der Waals surface area contributed by atoms with E-state index in [1.807, 2.05) is 0 Å². The Hall–Kier alpha value is -1.89. The molecule has 1 aromatic rings. The predicted octanol–water partition coefficient (Wildman–Crippen LogP) is 2.24. The fourth-order valence-corrected chi connectivity index (χ4v) is 1.93. The second kappa shape index (κ2) is 7.93. The van der Waals surface area contributed by atoms with Crippen LogP contribution >= 0.6 is 0 Å². The molecule has 0 saturated carbocycles. The van der Waals surface area contributed by atoms with Gasteiger partial charge >= 0.3 is 6.61 Å². The number of alkyl halides is 2. The van der Waals surface area contributed by atoms with E-state index in [0.717, 1.165) is 0 Å². The second-order valence-electron chi connectivity index (χ2n) is 5.21. The maximum Gasteiger partial charge on any atom is 0.387 e. The van der Waals surface area contributed by atoms with E-state index < -0.39 is 6.61 Å². The Morgan fingerprint density at radius 2 is 1.95 bits per heavy atom. The highest BCUT2D eigenvalue weighted by molar-refractivity contribution is 5.78. The van der Waals surface area contributed by atoms with Crippen molar-refractivity contribution < 1.29 is 23.0 Å². The summed E-state index contributed by atoms with van der Waals surface area (Å²) in [5, 5.41) is 0. The standard InChI is InChI=1S/C15H22F2N2O3/c1-9(10(2)18)14(20)19(3)8-11-5-6-12(21-4)13(7-11)22-15(16)17/h5-7,9-10,15H,8,18H2,1-4H3. The van der Waals surface area contributed by atoms with Gasteiger partial charge in [0.25, 0.3) is 0 Å². The Morgan fingerprint density at radius 3 is 2.45 bits per heavy atom. The van der Waals surface area contributed by atoms with Crippen molar-refractivity contribution in [1.82, 2.24) is 4.90 Å². The number of nitrogens with zero attached hydrogens (tertiary/aromatic N) is 1. The van der Waals surface area contributed by atoms with Crippen molar-refractivity contribution >= 4 is 5.91 Å². The normalized spacial score (nSPS) is 13.6. The third-order valence-corrected chi connectivity index (χ3v) is 3.42. The lowest BCUT2D eigenvalue weighted by Crippen LogP contribution is -2.39. The van der Waals surface area contributed by atoms with E-state index in [1.54, 1.807) is 27.0 Å². The first kappa shape index (κ1) is 18.2. The largest absolute Gasteiger partial charge is 0.493 e. The van der Waals surface area contributed by atoms with Crippen LogP contribution in [-0.4, -0.2) is 37.6 Å². The molecule has 0 bridgehead atoms. The average Bonchev–Trinajstić information content (AvgIpc) is 2.45. The highest BCUT2D eigenvalue weighted by atomic mass is 19.3. The minimum Gasteiger partial charge on any atom is -0.493 e. The molecule has 0 aliphatic rings.